The van der Waals surface area contributed by atoms with Crippen molar-refractivity contribution < 1.29 is 13.9 Å². The largest absolute Gasteiger partial charge is 0.497 e. The molecule has 2 rings (SSSR count). The van der Waals surface area contributed by atoms with E-state index >= 15 is 0 Å². The second-order valence-corrected chi connectivity index (χ2v) is 4.34. The van der Waals surface area contributed by atoms with Crippen LogP contribution in [-0.4, -0.2) is 14.2 Å². The lowest BCUT2D eigenvalue weighted by atomic mass is 9.95. The van der Waals surface area contributed by atoms with E-state index in [1.807, 2.05) is 31.2 Å². The van der Waals surface area contributed by atoms with Gasteiger partial charge < -0.3 is 9.47 Å². The van der Waals surface area contributed by atoms with Gasteiger partial charge in [-0.1, -0.05) is 18.2 Å². The summed E-state index contributed by atoms with van der Waals surface area (Å²) in [4.78, 5) is 0. The SMILES string of the molecule is COc1cc(OC)cc(-c2c(C)cccc2CF)c1. The number of methoxy groups -OCH3 is 2. The second kappa shape index (κ2) is 5.74. The van der Waals surface area contributed by atoms with E-state index in [4.69, 9.17) is 9.47 Å². The first-order chi connectivity index (χ1) is 9.19. The number of hydrogen-bond donors (Lipinski definition) is 0. The molecule has 3 heteroatoms. The van der Waals surface area contributed by atoms with Gasteiger partial charge in [0.1, 0.15) is 18.2 Å². The van der Waals surface area contributed by atoms with Crippen LogP contribution in [0.25, 0.3) is 11.1 Å². The van der Waals surface area contributed by atoms with Crippen LogP contribution in [-0.2, 0) is 6.67 Å². The monoisotopic (exact) mass is 260 g/mol. The lowest BCUT2D eigenvalue weighted by Gasteiger charge is -2.13. The molecule has 0 radical (unpaired) electrons. The molecule has 0 bridgehead atoms. The minimum Gasteiger partial charge on any atom is -0.497 e. The summed E-state index contributed by atoms with van der Waals surface area (Å²) in [6.45, 7) is 1.48. The van der Waals surface area contributed by atoms with Crippen molar-refractivity contribution in [3.8, 4) is 22.6 Å². The summed E-state index contributed by atoms with van der Waals surface area (Å²) in [7, 11) is 3.21. The molecular weight excluding hydrogens is 243 g/mol. The van der Waals surface area contributed by atoms with E-state index in [9.17, 15) is 4.39 Å². The van der Waals surface area contributed by atoms with Crippen LogP contribution in [0.3, 0.4) is 0 Å². The van der Waals surface area contributed by atoms with E-state index in [-0.39, 0.29) is 0 Å². The molecule has 0 N–H and O–H groups in total. The van der Waals surface area contributed by atoms with Crippen LogP contribution in [0.4, 0.5) is 4.39 Å². The van der Waals surface area contributed by atoms with E-state index in [1.165, 1.54) is 0 Å². The molecule has 0 saturated heterocycles. The number of halogens is 1. The molecule has 0 aliphatic heterocycles. The van der Waals surface area contributed by atoms with Crippen LogP contribution in [0.1, 0.15) is 11.1 Å². The van der Waals surface area contributed by atoms with E-state index in [0.29, 0.717) is 17.1 Å². The number of aryl methyl sites for hydroxylation is 1. The highest BCUT2D eigenvalue weighted by Gasteiger charge is 2.11. The fourth-order valence-corrected chi connectivity index (χ4v) is 2.20. The lowest BCUT2D eigenvalue weighted by Crippen LogP contribution is -1.93. The van der Waals surface area contributed by atoms with Gasteiger partial charge in [-0.05, 0) is 41.3 Å². The smallest absolute Gasteiger partial charge is 0.123 e. The summed E-state index contributed by atoms with van der Waals surface area (Å²) in [5, 5.41) is 0. The van der Waals surface area contributed by atoms with Gasteiger partial charge in [0.2, 0.25) is 0 Å². The highest BCUT2D eigenvalue weighted by atomic mass is 19.1. The maximum absolute atomic E-state index is 13.2. The zero-order chi connectivity index (χ0) is 13.8. The van der Waals surface area contributed by atoms with Crippen molar-refractivity contribution in [1.29, 1.82) is 0 Å². The topological polar surface area (TPSA) is 18.5 Å². The summed E-state index contributed by atoms with van der Waals surface area (Å²) in [5.41, 5.74) is 3.52. The van der Waals surface area contributed by atoms with Crippen molar-refractivity contribution in [3.05, 3.63) is 47.5 Å². The maximum atomic E-state index is 13.2. The molecule has 0 unspecified atom stereocenters. The van der Waals surface area contributed by atoms with Crippen molar-refractivity contribution in [2.24, 2.45) is 0 Å². The van der Waals surface area contributed by atoms with Gasteiger partial charge in [0.05, 0.1) is 14.2 Å². The third-order valence-corrected chi connectivity index (χ3v) is 3.14. The molecule has 0 amide bonds. The molecule has 0 aliphatic rings. The molecule has 0 spiro atoms. The zero-order valence-corrected chi connectivity index (χ0v) is 11.4. The summed E-state index contributed by atoms with van der Waals surface area (Å²) in [6.07, 6.45) is 0. The molecule has 2 aromatic rings. The van der Waals surface area contributed by atoms with Gasteiger partial charge in [0.15, 0.2) is 0 Å². The summed E-state index contributed by atoms with van der Waals surface area (Å²) in [6, 6.07) is 11.2. The normalized spacial score (nSPS) is 10.3. The van der Waals surface area contributed by atoms with Crippen LogP contribution in [0, 0.1) is 6.92 Å². The molecule has 0 heterocycles. The molecule has 100 valence electrons. The van der Waals surface area contributed by atoms with Gasteiger partial charge in [-0.3, -0.25) is 0 Å². The third-order valence-electron chi connectivity index (χ3n) is 3.14. The molecule has 0 fully saturated rings. The maximum Gasteiger partial charge on any atom is 0.123 e. The first kappa shape index (κ1) is 13.4. The minimum absolute atomic E-state index is 0.490. The summed E-state index contributed by atoms with van der Waals surface area (Å²) in [5.74, 6) is 1.39. The summed E-state index contributed by atoms with van der Waals surface area (Å²) < 4.78 is 23.7. The Bertz CT molecular complexity index is 557. The Balaban J connectivity index is 2.64. The predicted molar refractivity (Wildman–Crippen MR) is 74.5 cm³/mol. The van der Waals surface area contributed by atoms with E-state index < -0.39 is 6.67 Å². The van der Waals surface area contributed by atoms with Crippen molar-refractivity contribution in [1.82, 2.24) is 0 Å². The molecular formula is C16H17FO2. The Morgan fingerprint density at radius 2 is 1.63 bits per heavy atom. The van der Waals surface area contributed by atoms with Crippen molar-refractivity contribution in [3.63, 3.8) is 0 Å². The number of hydrogen-bond acceptors (Lipinski definition) is 2. The van der Waals surface area contributed by atoms with Gasteiger partial charge >= 0.3 is 0 Å². The van der Waals surface area contributed by atoms with Gasteiger partial charge in [-0.15, -0.1) is 0 Å². The second-order valence-electron chi connectivity index (χ2n) is 4.34. The average molecular weight is 260 g/mol. The zero-order valence-electron chi connectivity index (χ0n) is 11.4. The number of benzene rings is 2. The minimum atomic E-state index is -0.490. The Labute approximate surface area is 112 Å². The fourth-order valence-electron chi connectivity index (χ4n) is 2.20. The first-order valence-electron chi connectivity index (χ1n) is 6.07. The Hall–Kier alpha value is -2.03. The van der Waals surface area contributed by atoms with Crippen molar-refractivity contribution >= 4 is 0 Å². The van der Waals surface area contributed by atoms with E-state index in [2.05, 4.69) is 0 Å². The van der Waals surface area contributed by atoms with Crippen molar-refractivity contribution in [2.75, 3.05) is 14.2 Å². The van der Waals surface area contributed by atoms with Crippen LogP contribution >= 0.6 is 0 Å². The molecule has 0 atom stereocenters. The Morgan fingerprint density at radius 3 is 2.16 bits per heavy atom. The van der Waals surface area contributed by atoms with Crippen LogP contribution in [0.15, 0.2) is 36.4 Å². The summed E-state index contributed by atoms with van der Waals surface area (Å²) >= 11 is 0. The molecule has 2 aromatic carbocycles. The number of ether oxygens (including phenoxy) is 2. The van der Waals surface area contributed by atoms with Crippen LogP contribution in [0.2, 0.25) is 0 Å². The first-order valence-corrected chi connectivity index (χ1v) is 6.07. The fraction of sp³-hybridized carbons (Fsp3) is 0.250. The molecule has 0 aliphatic carbocycles. The van der Waals surface area contributed by atoms with Gasteiger partial charge in [-0.2, -0.15) is 0 Å². The number of rotatable bonds is 4. The molecule has 19 heavy (non-hydrogen) atoms. The average Bonchev–Trinajstić information content (AvgIpc) is 2.46. The lowest BCUT2D eigenvalue weighted by molar-refractivity contribution is 0.394. The van der Waals surface area contributed by atoms with E-state index in [0.717, 1.165) is 16.7 Å². The quantitative estimate of drug-likeness (QED) is 0.822. The van der Waals surface area contributed by atoms with Gasteiger partial charge in [0.25, 0.3) is 0 Å². The standard InChI is InChI=1S/C16H17FO2/c1-11-5-4-6-12(10-17)16(11)13-7-14(18-2)9-15(8-13)19-3/h4-9H,10H2,1-3H3. The highest BCUT2D eigenvalue weighted by Crippen LogP contribution is 2.34. The van der Waals surface area contributed by atoms with Crippen LogP contribution < -0.4 is 9.47 Å². The molecule has 0 saturated carbocycles. The third kappa shape index (κ3) is 2.70. The van der Waals surface area contributed by atoms with E-state index in [1.54, 1.807) is 26.4 Å². The molecule has 0 aromatic heterocycles. The molecule has 2 nitrogen and oxygen atoms in total. The Morgan fingerprint density at radius 1 is 1.00 bits per heavy atom. The Kier molecular flexibility index (Phi) is 4.05. The van der Waals surface area contributed by atoms with Crippen LogP contribution in [0.5, 0.6) is 11.5 Å². The number of alkyl halides is 1. The highest BCUT2D eigenvalue weighted by molar-refractivity contribution is 5.73. The van der Waals surface area contributed by atoms with Crippen molar-refractivity contribution in [2.45, 2.75) is 13.6 Å². The van der Waals surface area contributed by atoms with Gasteiger partial charge in [0, 0.05) is 6.07 Å². The predicted octanol–water partition coefficient (Wildman–Crippen LogP) is 4.15. The van der Waals surface area contributed by atoms with Gasteiger partial charge in [-0.25, -0.2) is 4.39 Å².